The summed E-state index contributed by atoms with van der Waals surface area (Å²) in [6.45, 7) is 6.38. The molecule has 3 nitrogen and oxygen atoms in total. The summed E-state index contributed by atoms with van der Waals surface area (Å²) in [6.07, 6.45) is 7.43. The van der Waals surface area contributed by atoms with Crippen LogP contribution in [0.25, 0.3) is 0 Å². The van der Waals surface area contributed by atoms with Crippen molar-refractivity contribution in [3.8, 4) is 0 Å². The van der Waals surface area contributed by atoms with Crippen LogP contribution in [0.5, 0.6) is 0 Å². The van der Waals surface area contributed by atoms with Gasteiger partial charge in [0, 0.05) is 18.7 Å². The summed E-state index contributed by atoms with van der Waals surface area (Å²) in [5.41, 5.74) is 2.08. The van der Waals surface area contributed by atoms with Gasteiger partial charge in [-0.2, -0.15) is 0 Å². The van der Waals surface area contributed by atoms with Gasteiger partial charge in [0.2, 0.25) is 0 Å². The predicted octanol–water partition coefficient (Wildman–Crippen LogP) is 3.59. The summed E-state index contributed by atoms with van der Waals surface area (Å²) in [6, 6.07) is 8.09. The Morgan fingerprint density at radius 1 is 1.10 bits per heavy atom. The Hall–Kier alpha value is -1.35. The fourth-order valence-electron chi connectivity index (χ4n) is 2.82. The van der Waals surface area contributed by atoms with E-state index in [9.17, 15) is 4.79 Å². The first-order valence-electron chi connectivity index (χ1n) is 8.39. The number of carbonyl (C=O) groups excluding carboxylic acids is 1. The van der Waals surface area contributed by atoms with Crippen molar-refractivity contribution >= 4 is 5.91 Å². The van der Waals surface area contributed by atoms with Gasteiger partial charge in [-0.05, 0) is 50.0 Å². The summed E-state index contributed by atoms with van der Waals surface area (Å²) in [5, 5.41) is 2.99. The second kappa shape index (κ2) is 8.83. The average molecular weight is 288 g/mol. The minimum Gasteiger partial charge on any atom is -0.352 e. The van der Waals surface area contributed by atoms with Crippen LogP contribution in [0.4, 0.5) is 0 Å². The average Bonchev–Trinajstić information content (AvgIpc) is 2.53. The second-order valence-electron chi connectivity index (χ2n) is 6.00. The molecule has 21 heavy (non-hydrogen) atoms. The maximum absolute atomic E-state index is 12.0. The SMILES string of the molecule is CCCCCNC(=O)c1ccc(CN2CCCCC2)cc1. The monoisotopic (exact) mass is 288 g/mol. The molecule has 0 aliphatic carbocycles. The molecule has 0 atom stereocenters. The van der Waals surface area contributed by atoms with Crippen molar-refractivity contribution in [2.24, 2.45) is 0 Å². The highest BCUT2D eigenvalue weighted by Crippen LogP contribution is 2.13. The van der Waals surface area contributed by atoms with Crippen LogP contribution in [0.3, 0.4) is 0 Å². The van der Waals surface area contributed by atoms with Gasteiger partial charge in [0.05, 0.1) is 0 Å². The number of piperidine rings is 1. The number of hydrogen-bond donors (Lipinski definition) is 1. The molecule has 0 spiro atoms. The Labute approximate surface area is 128 Å². The lowest BCUT2D eigenvalue weighted by molar-refractivity contribution is 0.0953. The number of benzene rings is 1. The number of nitrogens with zero attached hydrogens (tertiary/aromatic N) is 1. The van der Waals surface area contributed by atoms with Crippen LogP contribution in [0.1, 0.15) is 61.4 Å². The molecule has 1 aromatic carbocycles. The van der Waals surface area contributed by atoms with Gasteiger partial charge in [-0.15, -0.1) is 0 Å². The van der Waals surface area contributed by atoms with Crippen molar-refractivity contribution in [3.05, 3.63) is 35.4 Å². The van der Waals surface area contributed by atoms with Crippen molar-refractivity contribution < 1.29 is 4.79 Å². The van der Waals surface area contributed by atoms with Crippen LogP contribution < -0.4 is 5.32 Å². The van der Waals surface area contributed by atoms with Gasteiger partial charge < -0.3 is 5.32 Å². The molecule has 3 heteroatoms. The van der Waals surface area contributed by atoms with Crippen LogP contribution in [0, 0.1) is 0 Å². The van der Waals surface area contributed by atoms with Crippen molar-refractivity contribution in [1.29, 1.82) is 0 Å². The molecule has 1 amide bonds. The lowest BCUT2D eigenvalue weighted by atomic mass is 10.1. The quantitative estimate of drug-likeness (QED) is 0.778. The van der Waals surface area contributed by atoms with Gasteiger partial charge in [0.1, 0.15) is 0 Å². The molecule has 0 saturated carbocycles. The number of rotatable bonds is 7. The Morgan fingerprint density at radius 3 is 2.48 bits per heavy atom. The molecule has 0 radical (unpaired) electrons. The standard InChI is InChI=1S/C18H28N2O/c1-2-3-5-12-19-18(21)17-10-8-16(9-11-17)15-20-13-6-4-7-14-20/h8-11H,2-7,12-15H2,1H3,(H,19,21). The zero-order chi connectivity index (χ0) is 14.9. The lowest BCUT2D eigenvalue weighted by Crippen LogP contribution is -2.29. The third-order valence-corrected chi connectivity index (χ3v) is 4.14. The molecule has 1 aromatic rings. The largest absolute Gasteiger partial charge is 0.352 e. The molecule has 1 N–H and O–H groups in total. The zero-order valence-corrected chi connectivity index (χ0v) is 13.2. The van der Waals surface area contributed by atoms with Gasteiger partial charge in [-0.1, -0.05) is 38.3 Å². The number of hydrogen-bond acceptors (Lipinski definition) is 2. The highest BCUT2D eigenvalue weighted by atomic mass is 16.1. The van der Waals surface area contributed by atoms with E-state index in [-0.39, 0.29) is 5.91 Å². The molecule has 0 bridgehead atoms. The van der Waals surface area contributed by atoms with E-state index >= 15 is 0 Å². The second-order valence-corrected chi connectivity index (χ2v) is 6.00. The fraction of sp³-hybridized carbons (Fsp3) is 0.611. The number of nitrogens with one attached hydrogen (secondary N) is 1. The highest BCUT2D eigenvalue weighted by molar-refractivity contribution is 5.94. The van der Waals surface area contributed by atoms with Crippen molar-refractivity contribution in [2.75, 3.05) is 19.6 Å². The normalized spacial score (nSPS) is 15.9. The number of carbonyl (C=O) groups is 1. The van der Waals surface area contributed by atoms with E-state index in [2.05, 4.69) is 29.3 Å². The van der Waals surface area contributed by atoms with E-state index < -0.39 is 0 Å². The van der Waals surface area contributed by atoms with Gasteiger partial charge in [0.25, 0.3) is 5.91 Å². The van der Waals surface area contributed by atoms with Crippen LogP contribution in [0.2, 0.25) is 0 Å². The first-order valence-corrected chi connectivity index (χ1v) is 8.39. The zero-order valence-electron chi connectivity index (χ0n) is 13.2. The van der Waals surface area contributed by atoms with E-state index in [0.29, 0.717) is 0 Å². The molecule has 1 aliphatic heterocycles. The molecule has 0 unspecified atom stereocenters. The van der Waals surface area contributed by atoms with Crippen LogP contribution in [-0.2, 0) is 6.54 Å². The van der Waals surface area contributed by atoms with E-state index in [1.54, 1.807) is 0 Å². The molecule has 1 saturated heterocycles. The Kier molecular flexibility index (Phi) is 6.74. The minimum atomic E-state index is 0.0515. The Bertz CT molecular complexity index is 421. The third-order valence-electron chi connectivity index (χ3n) is 4.14. The molecule has 1 heterocycles. The fourth-order valence-corrected chi connectivity index (χ4v) is 2.82. The summed E-state index contributed by atoms with van der Waals surface area (Å²) < 4.78 is 0. The first kappa shape index (κ1) is 16.0. The van der Waals surface area contributed by atoms with Gasteiger partial charge >= 0.3 is 0 Å². The van der Waals surface area contributed by atoms with E-state index in [1.807, 2.05) is 12.1 Å². The first-order chi connectivity index (χ1) is 10.3. The van der Waals surface area contributed by atoms with Gasteiger partial charge in [0.15, 0.2) is 0 Å². The number of amides is 1. The number of likely N-dealkylation sites (tertiary alicyclic amines) is 1. The molecule has 0 aromatic heterocycles. The molecule has 1 aliphatic rings. The summed E-state index contributed by atoms with van der Waals surface area (Å²) in [7, 11) is 0. The van der Waals surface area contributed by atoms with Crippen molar-refractivity contribution in [3.63, 3.8) is 0 Å². The van der Waals surface area contributed by atoms with Gasteiger partial charge in [-0.25, -0.2) is 0 Å². The Balaban J connectivity index is 1.79. The van der Waals surface area contributed by atoms with Crippen LogP contribution >= 0.6 is 0 Å². The van der Waals surface area contributed by atoms with E-state index in [1.165, 1.54) is 50.8 Å². The predicted molar refractivity (Wildman–Crippen MR) is 87.4 cm³/mol. The summed E-state index contributed by atoms with van der Waals surface area (Å²) in [5.74, 6) is 0.0515. The van der Waals surface area contributed by atoms with E-state index in [0.717, 1.165) is 25.1 Å². The van der Waals surface area contributed by atoms with Crippen molar-refractivity contribution in [1.82, 2.24) is 10.2 Å². The summed E-state index contributed by atoms with van der Waals surface area (Å²) >= 11 is 0. The molecule has 1 fully saturated rings. The number of unbranched alkanes of at least 4 members (excludes halogenated alkanes) is 2. The molecular formula is C18H28N2O. The van der Waals surface area contributed by atoms with Crippen LogP contribution in [0.15, 0.2) is 24.3 Å². The molecule has 116 valence electrons. The lowest BCUT2D eigenvalue weighted by Gasteiger charge is -2.26. The minimum absolute atomic E-state index is 0.0515. The summed E-state index contributed by atoms with van der Waals surface area (Å²) in [4.78, 5) is 14.5. The maximum atomic E-state index is 12.0. The Morgan fingerprint density at radius 2 is 1.81 bits per heavy atom. The topological polar surface area (TPSA) is 32.3 Å². The highest BCUT2D eigenvalue weighted by Gasteiger charge is 2.11. The van der Waals surface area contributed by atoms with E-state index in [4.69, 9.17) is 0 Å². The smallest absolute Gasteiger partial charge is 0.251 e. The maximum Gasteiger partial charge on any atom is 0.251 e. The van der Waals surface area contributed by atoms with Crippen LogP contribution in [-0.4, -0.2) is 30.4 Å². The molecular weight excluding hydrogens is 260 g/mol. The van der Waals surface area contributed by atoms with Gasteiger partial charge in [-0.3, -0.25) is 9.69 Å². The molecule has 2 rings (SSSR count). The third kappa shape index (κ3) is 5.50. The van der Waals surface area contributed by atoms with Crippen molar-refractivity contribution in [2.45, 2.75) is 52.0 Å².